The average Bonchev–Trinajstić information content (AvgIpc) is 3.10. The number of nitrogens with one attached hydrogen (secondary N) is 1. The Bertz CT molecular complexity index is 983. The Morgan fingerprint density at radius 2 is 2.04 bits per heavy atom. The van der Waals surface area contributed by atoms with Gasteiger partial charge < -0.3 is 4.84 Å². The smallest absolute Gasteiger partial charge is 0.318 e. The van der Waals surface area contributed by atoms with Crippen LogP contribution in [-0.4, -0.2) is 21.9 Å². The summed E-state index contributed by atoms with van der Waals surface area (Å²) in [7, 11) is 0. The minimum atomic E-state index is -0.316. The zero-order valence-corrected chi connectivity index (χ0v) is 14.8. The van der Waals surface area contributed by atoms with Gasteiger partial charge in [0.15, 0.2) is 0 Å². The summed E-state index contributed by atoms with van der Waals surface area (Å²) in [6.45, 7) is 1.76. The molecule has 0 amide bonds. The lowest BCUT2D eigenvalue weighted by molar-refractivity contribution is -0.143. The van der Waals surface area contributed by atoms with Crippen molar-refractivity contribution in [3.8, 4) is 0 Å². The number of carbonyl (C=O) groups excluding carboxylic acids is 1. The Kier molecular flexibility index (Phi) is 4.52. The van der Waals surface area contributed by atoms with Gasteiger partial charge in [0.2, 0.25) is 0 Å². The van der Waals surface area contributed by atoms with E-state index in [1.165, 1.54) is 16.3 Å². The number of fused-ring (bicyclic) bond motifs is 2. The number of aromatic nitrogens is 2. The Hall–Kier alpha value is -2.95. The highest BCUT2D eigenvalue weighted by Crippen LogP contribution is 2.27. The predicted octanol–water partition coefficient (Wildman–Crippen LogP) is 4.15. The van der Waals surface area contributed by atoms with Crippen molar-refractivity contribution < 1.29 is 9.63 Å². The highest BCUT2D eigenvalue weighted by Gasteiger charge is 2.24. The Balaban J connectivity index is 1.70. The van der Waals surface area contributed by atoms with Crippen LogP contribution in [0.25, 0.3) is 10.8 Å². The van der Waals surface area contributed by atoms with Crippen LogP contribution in [0.1, 0.15) is 48.7 Å². The van der Waals surface area contributed by atoms with Crippen LogP contribution in [0.5, 0.6) is 0 Å². The zero-order valence-electron chi connectivity index (χ0n) is 14.8. The van der Waals surface area contributed by atoms with Gasteiger partial charge in [-0.3, -0.25) is 5.10 Å². The number of hydrogen-bond acceptors (Lipinski definition) is 4. The number of aryl methyl sites for hydroxylation is 1. The van der Waals surface area contributed by atoms with Crippen molar-refractivity contribution in [2.75, 3.05) is 0 Å². The molecule has 4 rings (SSSR count). The summed E-state index contributed by atoms with van der Waals surface area (Å²) in [5.74, 6) is -0.316. The zero-order chi connectivity index (χ0) is 17.9. The lowest BCUT2D eigenvalue weighted by atomic mass is 9.91. The number of aromatic amines is 1. The van der Waals surface area contributed by atoms with E-state index in [0.717, 1.165) is 41.9 Å². The minimum absolute atomic E-state index is 0.316. The fourth-order valence-corrected chi connectivity index (χ4v) is 3.52. The lowest BCUT2D eigenvalue weighted by Gasteiger charge is -2.14. The molecule has 1 aliphatic carbocycles. The van der Waals surface area contributed by atoms with Crippen molar-refractivity contribution >= 4 is 22.5 Å². The third-order valence-corrected chi connectivity index (χ3v) is 4.83. The number of hydrogen-bond donors (Lipinski definition) is 1. The number of nitrogens with zero attached hydrogens (tertiary/aromatic N) is 2. The summed E-state index contributed by atoms with van der Waals surface area (Å²) in [5, 5.41) is 14.3. The maximum absolute atomic E-state index is 11.5. The third-order valence-electron chi connectivity index (χ3n) is 4.83. The van der Waals surface area contributed by atoms with Crippen LogP contribution < -0.4 is 0 Å². The quantitative estimate of drug-likeness (QED) is 0.569. The van der Waals surface area contributed by atoms with Crippen LogP contribution in [0, 0.1) is 0 Å². The summed E-state index contributed by atoms with van der Waals surface area (Å²) < 4.78 is 0. The molecule has 0 spiro atoms. The van der Waals surface area contributed by atoms with E-state index in [9.17, 15) is 4.79 Å². The van der Waals surface area contributed by atoms with Crippen LogP contribution in [0.4, 0.5) is 0 Å². The molecule has 0 aliphatic heterocycles. The highest BCUT2D eigenvalue weighted by atomic mass is 16.7. The lowest BCUT2D eigenvalue weighted by Crippen LogP contribution is -2.14. The monoisotopic (exact) mass is 347 g/mol. The van der Waals surface area contributed by atoms with Gasteiger partial charge in [-0.05, 0) is 35.6 Å². The molecule has 5 heteroatoms. The predicted molar refractivity (Wildman–Crippen MR) is 101 cm³/mol. The van der Waals surface area contributed by atoms with Gasteiger partial charge in [0.1, 0.15) is 0 Å². The van der Waals surface area contributed by atoms with Gasteiger partial charge in [0.05, 0.1) is 11.4 Å². The molecule has 0 saturated carbocycles. The average molecular weight is 347 g/mol. The van der Waals surface area contributed by atoms with E-state index in [4.69, 9.17) is 4.84 Å². The molecule has 1 aliphatic rings. The van der Waals surface area contributed by atoms with E-state index in [2.05, 4.69) is 57.8 Å². The fraction of sp³-hybridized carbons (Fsp3) is 0.286. The molecule has 26 heavy (non-hydrogen) atoms. The summed E-state index contributed by atoms with van der Waals surface area (Å²) in [6, 6.07) is 14.7. The van der Waals surface area contributed by atoms with Crippen molar-refractivity contribution in [3.63, 3.8) is 0 Å². The number of oxime groups is 1. The van der Waals surface area contributed by atoms with Gasteiger partial charge in [0, 0.05) is 24.1 Å². The maximum atomic E-state index is 11.5. The van der Waals surface area contributed by atoms with Gasteiger partial charge in [-0.25, -0.2) is 4.79 Å². The van der Waals surface area contributed by atoms with Crippen molar-refractivity contribution in [3.05, 3.63) is 65.0 Å². The van der Waals surface area contributed by atoms with Crippen molar-refractivity contribution in [1.82, 2.24) is 10.2 Å². The standard InChI is InChI=1S/C21H21N3O2/c1-2-20(25)26-24-18-12-6-11-17-21(18)19(23-22-17)13-15-9-5-8-14-7-3-4-10-16(14)15/h3-5,7-10H,2,6,11-13H2,1H3,(H,22,23). The molecule has 0 fully saturated rings. The third kappa shape index (κ3) is 3.12. The van der Waals surface area contributed by atoms with Gasteiger partial charge in [-0.15, -0.1) is 0 Å². The van der Waals surface area contributed by atoms with Crippen LogP contribution >= 0.6 is 0 Å². The van der Waals surface area contributed by atoms with E-state index in [1.54, 1.807) is 6.92 Å². The molecular weight excluding hydrogens is 326 g/mol. The first-order chi connectivity index (χ1) is 12.8. The normalized spacial score (nSPS) is 15.2. The number of benzene rings is 2. The first-order valence-corrected chi connectivity index (χ1v) is 9.06. The summed E-state index contributed by atoms with van der Waals surface area (Å²) in [5.41, 5.74) is 5.11. The molecule has 132 valence electrons. The molecule has 1 aromatic heterocycles. The molecular formula is C21H21N3O2. The highest BCUT2D eigenvalue weighted by molar-refractivity contribution is 6.03. The molecule has 0 saturated heterocycles. The first kappa shape index (κ1) is 16.5. The van der Waals surface area contributed by atoms with E-state index < -0.39 is 0 Å². The van der Waals surface area contributed by atoms with Crippen LogP contribution in [0.3, 0.4) is 0 Å². The SMILES string of the molecule is CCC(=O)ON=C1CCCc2[nH]nc(Cc3cccc4ccccc34)c21. The number of H-pyrrole nitrogens is 1. The van der Waals surface area contributed by atoms with Crippen LogP contribution in [-0.2, 0) is 22.5 Å². The molecule has 5 nitrogen and oxygen atoms in total. The summed E-state index contributed by atoms with van der Waals surface area (Å²) >= 11 is 0. The second-order valence-electron chi connectivity index (χ2n) is 6.55. The Labute approximate surface area is 152 Å². The van der Waals surface area contributed by atoms with E-state index >= 15 is 0 Å². The van der Waals surface area contributed by atoms with Gasteiger partial charge in [-0.2, -0.15) is 5.10 Å². The summed E-state index contributed by atoms with van der Waals surface area (Å²) in [6.07, 6.45) is 3.75. The molecule has 1 N–H and O–H groups in total. The number of rotatable bonds is 4. The minimum Gasteiger partial charge on any atom is -0.318 e. The topological polar surface area (TPSA) is 67.3 Å². The van der Waals surface area contributed by atoms with Gasteiger partial charge in [-0.1, -0.05) is 54.5 Å². The van der Waals surface area contributed by atoms with Gasteiger partial charge in [0.25, 0.3) is 0 Å². The van der Waals surface area contributed by atoms with Crippen molar-refractivity contribution in [1.29, 1.82) is 0 Å². The van der Waals surface area contributed by atoms with Crippen LogP contribution in [0.15, 0.2) is 47.6 Å². The van der Waals surface area contributed by atoms with Crippen LogP contribution in [0.2, 0.25) is 0 Å². The fourth-order valence-electron chi connectivity index (χ4n) is 3.52. The Morgan fingerprint density at radius 1 is 1.19 bits per heavy atom. The maximum Gasteiger partial charge on any atom is 0.334 e. The second-order valence-corrected chi connectivity index (χ2v) is 6.55. The largest absolute Gasteiger partial charge is 0.334 e. The second kappa shape index (κ2) is 7.12. The summed E-state index contributed by atoms with van der Waals surface area (Å²) in [4.78, 5) is 16.5. The van der Waals surface area contributed by atoms with Gasteiger partial charge >= 0.3 is 5.97 Å². The molecule has 2 aromatic carbocycles. The molecule has 0 bridgehead atoms. The molecule has 0 unspecified atom stereocenters. The number of carbonyl (C=O) groups is 1. The molecule has 0 radical (unpaired) electrons. The van der Waals surface area contributed by atoms with Crippen molar-refractivity contribution in [2.45, 2.75) is 39.0 Å². The molecule has 3 aromatic rings. The Morgan fingerprint density at radius 3 is 2.92 bits per heavy atom. The molecule has 1 heterocycles. The van der Waals surface area contributed by atoms with E-state index in [0.29, 0.717) is 12.8 Å². The van der Waals surface area contributed by atoms with E-state index in [1.807, 2.05) is 0 Å². The first-order valence-electron chi connectivity index (χ1n) is 9.06. The molecule has 0 atom stereocenters. The van der Waals surface area contributed by atoms with E-state index in [-0.39, 0.29) is 5.97 Å². The van der Waals surface area contributed by atoms with Crippen molar-refractivity contribution in [2.24, 2.45) is 5.16 Å².